The molecule has 13 nitrogen and oxygen atoms in total. The Morgan fingerprint density at radius 2 is 1.97 bits per heavy atom. The molecule has 0 spiro atoms. The van der Waals surface area contributed by atoms with Gasteiger partial charge in [-0.3, -0.25) is 23.7 Å². The van der Waals surface area contributed by atoms with Crippen molar-refractivity contribution < 1.29 is 28.3 Å². The number of hydrogen-bond donors (Lipinski definition) is 5. The molecule has 0 aliphatic carbocycles. The van der Waals surface area contributed by atoms with Crippen LogP contribution in [0, 0.1) is 5.92 Å². The minimum Gasteiger partial charge on any atom is -0.481 e. The van der Waals surface area contributed by atoms with E-state index in [4.69, 9.17) is 4.55 Å². The SMILES string of the molecule is O=C(CC(Cc1cnc[nH]1)C(=O)O)Cn1cc(CNC(=O)c2ccc(NS(=O)O)cc2)nn1. The number of Topliss-reactive ketones (excluding diaryl/α,β-unsaturated/α-hetero) is 1. The number of nitrogens with zero attached hydrogens (tertiary/aromatic N) is 4. The van der Waals surface area contributed by atoms with Gasteiger partial charge in [0.2, 0.25) is 0 Å². The highest BCUT2D eigenvalue weighted by Gasteiger charge is 2.22. The van der Waals surface area contributed by atoms with Gasteiger partial charge in [-0.2, -0.15) is 0 Å². The van der Waals surface area contributed by atoms with Gasteiger partial charge >= 0.3 is 5.97 Å². The normalized spacial score (nSPS) is 12.6. The van der Waals surface area contributed by atoms with Crippen LogP contribution in [0.25, 0.3) is 0 Å². The average molecular weight is 475 g/mol. The second kappa shape index (κ2) is 11.1. The molecule has 2 heterocycles. The Labute approximate surface area is 190 Å². The fourth-order valence-corrected chi connectivity index (χ4v) is 3.33. The summed E-state index contributed by atoms with van der Waals surface area (Å²) in [5, 5.41) is 19.8. The molecular formula is C19H21N7O6S. The van der Waals surface area contributed by atoms with Crippen molar-refractivity contribution in [3.63, 3.8) is 0 Å². The first-order chi connectivity index (χ1) is 15.8. The van der Waals surface area contributed by atoms with Gasteiger partial charge in [-0.15, -0.1) is 5.10 Å². The van der Waals surface area contributed by atoms with Crippen LogP contribution in [0.2, 0.25) is 0 Å². The fraction of sp³-hybridized carbons (Fsp3) is 0.263. The summed E-state index contributed by atoms with van der Waals surface area (Å²) in [6, 6.07) is 5.95. The van der Waals surface area contributed by atoms with Crippen molar-refractivity contribution in [3.05, 3.63) is 59.9 Å². The van der Waals surface area contributed by atoms with Crippen molar-refractivity contribution in [1.82, 2.24) is 30.3 Å². The Morgan fingerprint density at radius 3 is 2.61 bits per heavy atom. The maximum atomic E-state index is 12.3. The quantitative estimate of drug-likeness (QED) is 0.230. The molecule has 2 aromatic heterocycles. The Morgan fingerprint density at radius 1 is 1.21 bits per heavy atom. The predicted octanol–water partition coefficient (Wildman–Crippen LogP) is 0.382. The lowest BCUT2D eigenvalue weighted by Crippen LogP contribution is -2.23. The van der Waals surface area contributed by atoms with Crippen LogP contribution in [0.4, 0.5) is 5.69 Å². The van der Waals surface area contributed by atoms with Crippen molar-refractivity contribution in [2.45, 2.75) is 25.9 Å². The summed E-state index contributed by atoms with van der Waals surface area (Å²) in [6.45, 7) is -0.0837. The molecule has 174 valence electrons. The number of aromatic nitrogens is 5. The molecule has 0 saturated heterocycles. The number of ketones is 1. The van der Waals surface area contributed by atoms with Crippen LogP contribution in [0.15, 0.2) is 43.0 Å². The Balaban J connectivity index is 1.48. The third kappa shape index (κ3) is 7.33. The standard InChI is InChI=1S/C19H21N7O6S/c27-17(6-13(19(29)30)5-15-7-20-11-22-15)10-26-9-16(23-25-26)8-21-18(28)12-1-3-14(4-2-12)24-33(31)32/h1-4,7,9,11,13,24H,5-6,8,10H2,(H,20,22)(H,21,28)(H,29,30)(H,31,32). The highest BCUT2D eigenvalue weighted by molar-refractivity contribution is 7.80. The van der Waals surface area contributed by atoms with Crippen LogP contribution in [-0.4, -0.2) is 56.5 Å². The first-order valence-electron chi connectivity index (χ1n) is 9.66. The molecule has 0 aliphatic heterocycles. The summed E-state index contributed by atoms with van der Waals surface area (Å²) >= 11 is -2.20. The van der Waals surface area contributed by atoms with Gasteiger partial charge in [0.15, 0.2) is 5.78 Å². The lowest BCUT2D eigenvalue weighted by molar-refractivity contribution is -0.143. The van der Waals surface area contributed by atoms with Gasteiger partial charge in [-0.05, 0) is 24.3 Å². The number of rotatable bonds is 12. The van der Waals surface area contributed by atoms with E-state index in [-0.39, 0.29) is 37.6 Å². The number of nitrogens with one attached hydrogen (secondary N) is 3. The van der Waals surface area contributed by atoms with Crippen molar-refractivity contribution in [2.75, 3.05) is 4.72 Å². The zero-order chi connectivity index (χ0) is 23.8. The van der Waals surface area contributed by atoms with E-state index >= 15 is 0 Å². The number of carboxylic acids is 1. The zero-order valence-corrected chi connectivity index (χ0v) is 18.0. The number of H-pyrrole nitrogens is 1. The molecule has 2 unspecified atom stereocenters. The molecule has 0 aliphatic rings. The number of anilines is 1. The fourth-order valence-electron chi connectivity index (χ4n) is 2.99. The molecule has 2 atom stereocenters. The molecule has 3 aromatic rings. The Hall–Kier alpha value is -3.91. The largest absolute Gasteiger partial charge is 0.481 e. The van der Waals surface area contributed by atoms with Gasteiger partial charge in [0.1, 0.15) is 12.2 Å². The average Bonchev–Trinajstić information content (AvgIpc) is 3.43. The molecular weight excluding hydrogens is 454 g/mol. The first kappa shape index (κ1) is 23.7. The first-order valence-corrected chi connectivity index (χ1v) is 10.8. The number of imidazole rings is 1. The summed E-state index contributed by atoms with van der Waals surface area (Å²) < 4.78 is 23.1. The van der Waals surface area contributed by atoms with Crippen LogP contribution in [0.5, 0.6) is 0 Å². The van der Waals surface area contributed by atoms with Crippen LogP contribution in [0.3, 0.4) is 0 Å². The number of carbonyl (C=O) groups is 3. The van der Waals surface area contributed by atoms with Crippen LogP contribution in [0.1, 0.15) is 28.2 Å². The molecule has 1 amide bonds. The second-order valence-corrected chi connectivity index (χ2v) is 7.78. The van der Waals surface area contributed by atoms with E-state index in [0.717, 1.165) is 0 Å². The summed E-state index contributed by atoms with van der Waals surface area (Å²) in [5.74, 6) is -2.67. The Bertz CT molecular complexity index is 1130. The number of aromatic amines is 1. The van der Waals surface area contributed by atoms with E-state index in [9.17, 15) is 23.7 Å². The topological polar surface area (TPSA) is 192 Å². The highest BCUT2D eigenvalue weighted by Crippen LogP contribution is 2.13. The van der Waals surface area contributed by atoms with Crippen LogP contribution >= 0.6 is 0 Å². The summed E-state index contributed by atoms with van der Waals surface area (Å²) in [6.07, 6.45) is 4.44. The number of benzene rings is 1. The second-order valence-electron chi connectivity index (χ2n) is 7.08. The smallest absolute Gasteiger partial charge is 0.307 e. The zero-order valence-electron chi connectivity index (χ0n) is 17.2. The van der Waals surface area contributed by atoms with Gasteiger partial charge in [-0.1, -0.05) is 5.21 Å². The predicted molar refractivity (Wildman–Crippen MR) is 115 cm³/mol. The van der Waals surface area contributed by atoms with Gasteiger partial charge < -0.3 is 15.4 Å². The molecule has 3 rings (SSSR count). The van der Waals surface area contributed by atoms with Crippen LogP contribution in [-0.2, 0) is 40.4 Å². The third-order valence-corrected chi connectivity index (χ3v) is 4.96. The number of amides is 1. The summed E-state index contributed by atoms with van der Waals surface area (Å²) in [5.41, 5.74) is 1.76. The van der Waals surface area contributed by atoms with E-state index in [0.29, 0.717) is 22.6 Å². The lowest BCUT2D eigenvalue weighted by atomic mass is 9.97. The van der Waals surface area contributed by atoms with Crippen molar-refractivity contribution in [2.24, 2.45) is 5.92 Å². The number of carbonyl (C=O) groups excluding carboxylic acids is 2. The molecule has 0 fully saturated rings. The monoisotopic (exact) mass is 475 g/mol. The van der Waals surface area contributed by atoms with E-state index in [1.165, 1.54) is 47.7 Å². The van der Waals surface area contributed by atoms with Gasteiger partial charge in [0, 0.05) is 36.0 Å². The van der Waals surface area contributed by atoms with Crippen molar-refractivity contribution in [1.29, 1.82) is 0 Å². The lowest BCUT2D eigenvalue weighted by Gasteiger charge is -2.10. The van der Waals surface area contributed by atoms with Crippen molar-refractivity contribution in [3.8, 4) is 0 Å². The molecule has 0 bridgehead atoms. The minimum atomic E-state index is -2.20. The molecule has 33 heavy (non-hydrogen) atoms. The van der Waals surface area contributed by atoms with E-state index in [2.05, 4.69) is 30.3 Å². The molecule has 5 N–H and O–H groups in total. The minimum absolute atomic E-state index is 0.0608. The molecule has 1 aromatic carbocycles. The van der Waals surface area contributed by atoms with Gasteiger partial charge in [-0.25, -0.2) is 13.9 Å². The van der Waals surface area contributed by atoms with E-state index in [1.54, 1.807) is 0 Å². The molecule has 0 radical (unpaired) electrons. The number of carboxylic acid groups (broad SMARTS) is 1. The van der Waals surface area contributed by atoms with E-state index in [1.807, 2.05) is 0 Å². The number of aliphatic carboxylic acids is 1. The summed E-state index contributed by atoms with van der Waals surface area (Å²) in [7, 11) is 0. The van der Waals surface area contributed by atoms with E-state index < -0.39 is 23.2 Å². The maximum Gasteiger partial charge on any atom is 0.307 e. The Kier molecular flexibility index (Phi) is 7.99. The summed E-state index contributed by atoms with van der Waals surface area (Å²) in [4.78, 5) is 42.7. The maximum absolute atomic E-state index is 12.3. The van der Waals surface area contributed by atoms with Crippen LogP contribution < -0.4 is 10.0 Å². The third-order valence-electron chi connectivity index (χ3n) is 4.55. The molecule has 14 heteroatoms. The van der Waals surface area contributed by atoms with Gasteiger partial charge in [0.05, 0.1) is 25.0 Å². The number of hydrogen-bond acceptors (Lipinski definition) is 7. The molecule has 0 saturated carbocycles. The van der Waals surface area contributed by atoms with Gasteiger partial charge in [0.25, 0.3) is 17.2 Å². The highest BCUT2D eigenvalue weighted by atomic mass is 32.2. The van der Waals surface area contributed by atoms with Crippen molar-refractivity contribution >= 4 is 34.6 Å².